The molecule has 0 saturated heterocycles. The van der Waals surface area contributed by atoms with E-state index in [-0.39, 0.29) is 5.41 Å². The first-order chi connectivity index (χ1) is 29.0. The maximum absolute atomic E-state index is 2.53. The molecule has 0 amide bonds. The molecule has 1 aliphatic heterocycles. The lowest BCUT2D eigenvalue weighted by atomic mass is 9.62. The van der Waals surface area contributed by atoms with Crippen molar-refractivity contribution in [1.82, 2.24) is 0 Å². The summed E-state index contributed by atoms with van der Waals surface area (Å²) in [7, 11) is 0. The molecule has 11 rings (SSSR count). The summed E-state index contributed by atoms with van der Waals surface area (Å²) in [6.07, 6.45) is 16.0. The van der Waals surface area contributed by atoms with Crippen LogP contribution in [0.4, 0.5) is 17.1 Å². The standard InChI is InChI=1S/C39H31N.C19H18/c1-26-14-6-7-17-29(26)32-25-36-38(24-27(32)2)40(28-15-4-3-5-16-28)37-23-13-12-22-35(37)39(36)33-20-10-8-18-30(33)31-19-9-11-21-34(31)39;1-15-12-18(16-8-4-2-5-9-16)14-19(13-15)17-10-6-3-7-11-17/h3-10,12-20,22-25H,11,21H2,1-2H3;2,4-6,8-14H,3,7H2,1H3. The van der Waals surface area contributed by atoms with Crippen LogP contribution >= 0.6 is 0 Å². The number of hydrogen-bond acceptors (Lipinski definition) is 1. The first-order valence-corrected chi connectivity index (χ1v) is 21.2. The highest BCUT2D eigenvalue weighted by atomic mass is 15.2. The van der Waals surface area contributed by atoms with E-state index in [4.69, 9.17) is 0 Å². The smallest absolute Gasteiger partial charge is 0.0717 e. The van der Waals surface area contributed by atoms with Gasteiger partial charge >= 0.3 is 0 Å². The molecule has 7 aromatic rings. The molecule has 3 aliphatic carbocycles. The van der Waals surface area contributed by atoms with Gasteiger partial charge in [-0.3, -0.25) is 0 Å². The van der Waals surface area contributed by atoms with Gasteiger partial charge < -0.3 is 4.90 Å². The fraction of sp³-hybridized carbons (Fsp3) is 0.138. The average Bonchev–Trinajstić information content (AvgIpc) is 3.58. The topological polar surface area (TPSA) is 3.24 Å². The number of aryl methyl sites for hydroxylation is 3. The van der Waals surface area contributed by atoms with Gasteiger partial charge in [-0.15, -0.1) is 0 Å². The molecule has 59 heavy (non-hydrogen) atoms. The molecule has 0 aromatic heterocycles. The average molecular weight is 760 g/mol. The third-order valence-electron chi connectivity index (χ3n) is 12.7. The summed E-state index contributed by atoms with van der Waals surface area (Å²) < 4.78 is 0. The largest absolute Gasteiger partial charge is 0.310 e. The summed E-state index contributed by atoms with van der Waals surface area (Å²) >= 11 is 0. The van der Waals surface area contributed by atoms with Gasteiger partial charge in [0.15, 0.2) is 0 Å². The van der Waals surface area contributed by atoms with Crippen molar-refractivity contribution >= 4 is 28.2 Å². The minimum Gasteiger partial charge on any atom is -0.310 e. The normalized spacial score (nSPS) is 17.1. The highest BCUT2D eigenvalue weighted by Crippen LogP contribution is 2.64. The van der Waals surface area contributed by atoms with Crippen molar-refractivity contribution in [3.8, 4) is 22.3 Å². The van der Waals surface area contributed by atoms with Crippen molar-refractivity contribution in [2.45, 2.75) is 51.9 Å². The van der Waals surface area contributed by atoms with Gasteiger partial charge in [0.25, 0.3) is 0 Å². The predicted molar refractivity (Wildman–Crippen MR) is 251 cm³/mol. The van der Waals surface area contributed by atoms with Gasteiger partial charge in [0.2, 0.25) is 0 Å². The minimum atomic E-state index is -0.334. The Morgan fingerprint density at radius 1 is 0.458 bits per heavy atom. The molecule has 0 radical (unpaired) electrons. The number of nitrogens with zero attached hydrogens (tertiary/aromatic N) is 1. The molecule has 0 bridgehead atoms. The van der Waals surface area contributed by atoms with E-state index in [1.807, 2.05) is 0 Å². The Morgan fingerprint density at radius 3 is 1.92 bits per heavy atom. The fourth-order valence-electron chi connectivity index (χ4n) is 10.2. The Bertz CT molecular complexity index is 2850. The van der Waals surface area contributed by atoms with Crippen molar-refractivity contribution in [1.29, 1.82) is 0 Å². The van der Waals surface area contributed by atoms with Crippen molar-refractivity contribution < 1.29 is 0 Å². The summed E-state index contributed by atoms with van der Waals surface area (Å²) in [4.78, 5) is 2.49. The second-order valence-electron chi connectivity index (χ2n) is 16.4. The lowest BCUT2D eigenvalue weighted by molar-refractivity contribution is 0.687. The van der Waals surface area contributed by atoms with E-state index in [9.17, 15) is 0 Å². The van der Waals surface area contributed by atoms with Crippen LogP contribution in [-0.4, -0.2) is 0 Å². The number of hydrogen-bond donors (Lipinski definition) is 0. The SMILES string of the molecule is Cc1cc(C2=CCCC=C2)cc(-c2ccccc2)c1.Cc1ccccc1-c1cc2c(cc1C)N(c1ccccc1)c1ccccc1C21C2=C(C=CCC2)c2ccccc21. The van der Waals surface area contributed by atoms with Gasteiger partial charge in [0, 0.05) is 5.69 Å². The van der Waals surface area contributed by atoms with E-state index in [1.165, 1.54) is 107 Å². The number of anilines is 3. The highest BCUT2D eigenvalue weighted by molar-refractivity contribution is 5.98. The van der Waals surface area contributed by atoms with Crippen molar-refractivity contribution in [3.63, 3.8) is 0 Å². The lowest BCUT2D eigenvalue weighted by Gasteiger charge is -2.46. The number of benzene rings is 7. The van der Waals surface area contributed by atoms with Crippen LogP contribution in [0.25, 0.3) is 33.4 Å². The molecule has 0 saturated carbocycles. The van der Waals surface area contributed by atoms with E-state index in [1.54, 1.807) is 0 Å². The van der Waals surface area contributed by atoms with E-state index >= 15 is 0 Å². The molecular formula is C58H49N. The Hall–Kier alpha value is -6.70. The zero-order chi connectivity index (χ0) is 39.9. The molecule has 1 unspecified atom stereocenters. The van der Waals surface area contributed by atoms with Crippen LogP contribution in [0.3, 0.4) is 0 Å². The number of rotatable bonds is 4. The van der Waals surface area contributed by atoms with Gasteiger partial charge in [-0.2, -0.15) is 0 Å². The molecule has 7 aromatic carbocycles. The maximum atomic E-state index is 2.53. The number of allylic oxidation sites excluding steroid dienone is 8. The quantitative estimate of drug-likeness (QED) is 0.173. The summed E-state index contributed by atoms with van der Waals surface area (Å²) in [6, 6.07) is 60.3. The van der Waals surface area contributed by atoms with E-state index in [0.717, 1.165) is 19.3 Å². The molecule has 1 spiro atoms. The third kappa shape index (κ3) is 6.24. The van der Waals surface area contributed by atoms with Crippen LogP contribution in [0, 0.1) is 20.8 Å². The first kappa shape index (κ1) is 36.6. The highest BCUT2D eigenvalue weighted by Gasteiger charge is 2.52. The Balaban J connectivity index is 0.000000185. The molecule has 1 atom stereocenters. The molecular weight excluding hydrogens is 711 g/mol. The Morgan fingerprint density at radius 2 is 1.14 bits per heavy atom. The second kappa shape index (κ2) is 15.2. The fourth-order valence-corrected chi connectivity index (χ4v) is 10.2. The third-order valence-corrected chi connectivity index (χ3v) is 12.7. The van der Waals surface area contributed by atoms with E-state index in [0.29, 0.717) is 0 Å². The molecule has 0 fully saturated rings. The Kier molecular flexibility index (Phi) is 9.46. The molecule has 0 N–H and O–H groups in total. The second-order valence-corrected chi connectivity index (χ2v) is 16.4. The van der Waals surface area contributed by atoms with Gasteiger partial charge in [0.1, 0.15) is 0 Å². The van der Waals surface area contributed by atoms with Crippen molar-refractivity contribution in [2.75, 3.05) is 4.90 Å². The lowest BCUT2D eigenvalue weighted by Crippen LogP contribution is -2.37. The van der Waals surface area contributed by atoms with Crippen LogP contribution < -0.4 is 4.90 Å². The zero-order valence-electron chi connectivity index (χ0n) is 34.3. The molecule has 4 aliphatic rings. The molecule has 1 nitrogen and oxygen atoms in total. The van der Waals surface area contributed by atoms with Gasteiger partial charge in [-0.1, -0.05) is 158 Å². The molecule has 286 valence electrons. The summed E-state index contributed by atoms with van der Waals surface area (Å²) in [5.74, 6) is 0. The van der Waals surface area contributed by atoms with Gasteiger partial charge in [-0.05, 0) is 166 Å². The number of para-hydroxylation sites is 2. The molecule has 1 heterocycles. The molecule has 1 heteroatoms. The minimum absolute atomic E-state index is 0.334. The van der Waals surface area contributed by atoms with Crippen LogP contribution in [0.2, 0.25) is 0 Å². The van der Waals surface area contributed by atoms with Crippen LogP contribution in [0.1, 0.15) is 70.2 Å². The van der Waals surface area contributed by atoms with Gasteiger partial charge in [0.05, 0.1) is 16.8 Å². The monoisotopic (exact) mass is 759 g/mol. The predicted octanol–water partition coefficient (Wildman–Crippen LogP) is 15.6. The summed E-state index contributed by atoms with van der Waals surface area (Å²) in [5, 5.41) is 0. The first-order valence-electron chi connectivity index (χ1n) is 21.2. The maximum Gasteiger partial charge on any atom is 0.0717 e. The van der Waals surface area contributed by atoms with Crippen LogP contribution in [-0.2, 0) is 5.41 Å². The Labute approximate surface area is 350 Å². The van der Waals surface area contributed by atoms with E-state index < -0.39 is 0 Å². The van der Waals surface area contributed by atoms with Crippen molar-refractivity contribution in [3.05, 3.63) is 244 Å². The van der Waals surface area contributed by atoms with Crippen LogP contribution in [0.15, 0.2) is 200 Å². The number of fused-ring (bicyclic) bond motifs is 8. The van der Waals surface area contributed by atoms with E-state index in [2.05, 4.69) is 220 Å². The summed E-state index contributed by atoms with van der Waals surface area (Å²) in [6.45, 7) is 6.67. The zero-order valence-corrected chi connectivity index (χ0v) is 34.3. The van der Waals surface area contributed by atoms with Crippen LogP contribution in [0.5, 0.6) is 0 Å². The van der Waals surface area contributed by atoms with Crippen molar-refractivity contribution in [2.24, 2.45) is 0 Å². The summed E-state index contributed by atoms with van der Waals surface area (Å²) in [5.41, 5.74) is 23.7. The van der Waals surface area contributed by atoms with Gasteiger partial charge in [-0.25, -0.2) is 0 Å².